The van der Waals surface area contributed by atoms with E-state index in [2.05, 4.69) is 21.2 Å². The zero-order chi connectivity index (χ0) is 19.5. The number of benzene rings is 2. The molecule has 0 unspecified atom stereocenters. The summed E-state index contributed by atoms with van der Waals surface area (Å²) in [5, 5.41) is 7.82. The molecule has 0 aliphatic carbocycles. The van der Waals surface area contributed by atoms with Crippen LogP contribution >= 0.6 is 15.9 Å². The summed E-state index contributed by atoms with van der Waals surface area (Å²) in [5.41, 5.74) is 2.34. The van der Waals surface area contributed by atoms with Gasteiger partial charge in [-0.2, -0.15) is 0 Å². The van der Waals surface area contributed by atoms with E-state index in [1.165, 1.54) is 12.1 Å². The first-order valence-corrected chi connectivity index (χ1v) is 10.1. The average Bonchev–Trinajstić information content (AvgIpc) is 2.56. The number of anilines is 1. The number of sulfonamides is 1. The fraction of sp³-hybridized carbons (Fsp3) is 0.222. The van der Waals surface area contributed by atoms with Crippen LogP contribution in [0, 0.1) is 13.8 Å². The maximum absolute atomic E-state index is 12.2. The largest absolute Gasteiger partial charge is 0.326 e. The molecule has 0 fully saturated rings. The normalized spacial score (nSPS) is 11.2. The van der Waals surface area contributed by atoms with Crippen molar-refractivity contribution >= 4 is 43.3 Å². The fourth-order valence-electron chi connectivity index (χ4n) is 2.34. The number of nitrogens with two attached hydrogens (primary N) is 1. The van der Waals surface area contributed by atoms with E-state index in [4.69, 9.17) is 5.14 Å². The lowest BCUT2D eigenvalue weighted by Crippen LogP contribution is -2.17. The first kappa shape index (κ1) is 20.3. The average molecular weight is 439 g/mol. The van der Waals surface area contributed by atoms with E-state index in [0.29, 0.717) is 16.8 Å². The Morgan fingerprint density at radius 2 is 1.69 bits per heavy atom. The molecule has 0 atom stereocenters. The van der Waals surface area contributed by atoms with Gasteiger partial charge in [-0.3, -0.25) is 9.59 Å². The van der Waals surface area contributed by atoms with Gasteiger partial charge in [-0.15, -0.1) is 0 Å². The molecule has 0 bridgehead atoms. The molecule has 2 aromatic rings. The maximum Gasteiger partial charge on any atom is 0.238 e. The lowest BCUT2D eigenvalue weighted by Gasteiger charge is -2.12. The van der Waals surface area contributed by atoms with Gasteiger partial charge in [0.15, 0.2) is 5.78 Å². The molecular weight excluding hydrogens is 420 g/mol. The van der Waals surface area contributed by atoms with Crippen molar-refractivity contribution in [2.24, 2.45) is 5.14 Å². The summed E-state index contributed by atoms with van der Waals surface area (Å²) in [6.07, 6.45) is 0.0490. The molecule has 138 valence electrons. The molecule has 0 aliphatic heterocycles. The summed E-state index contributed by atoms with van der Waals surface area (Å²) in [6, 6.07) is 9.68. The second-order valence-electron chi connectivity index (χ2n) is 5.94. The topological polar surface area (TPSA) is 106 Å². The van der Waals surface area contributed by atoms with E-state index in [0.717, 1.165) is 10.0 Å². The van der Waals surface area contributed by atoms with Gasteiger partial charge in [0.25, 0.3) is 0 Å². The van der Waals surface area contributed by atoms with E-state index in [1.807, 2.05) is 0 Å². The number of amides is 1. The molecule has 0 saturated carbocycles. The standard InChI is InChI=1S/C18H19BrN2O4S/c1-11-9-15(26(20,24)25)10-16(12(11)2)21-18(23)8-7-17(22)13-3-5-14(19)6-4-13/h3-6,9-10H,7-8H2,1-2H3,(H,21,23)(H2,20,24,25). The van der Waals surface area contributed by atoms with Gasteiger partial charge in [0, 0.05) is 28.6 Å². The Morgan fingerprint density at radius 3 is 2.27 bits per heavy atom. The number of aryl methyl sites for hydroxylation is 1. The second-order valence-corrected chi connectivity index (χ2v) is 8.41. The van der Waals surface area contributed by atoms with Gasteiger partial charge in [0.1, 0.15) is 0 Å². The molecule has 2 aromatic carbocycles. The lowest BCUT2D eigenvalue weighted by atomic mass is 10.1. The van der Waals surface area contributed by atoms with Crippen molar-refractivity contribution in [1.82, 2.24) is 0 Å². The number of halogens is 1. The number of rotatable bonds is 6. The highest BCUT2D eigenvalue weighted by Crippen LogP contribution is 2.24. The van der Waals surface area contributed by atoms with Crippen LogP contribution < -0.4 is 10.5 Å². The van der Waals surface area contributed by atoms with Crippen molar-refractivity contribution in [1.29, 1.82) is 0 Å². The Bertz CT molecular complexity index is 954. The van der Waals surface area contributed by atoms with E-state index in [1.54, 1.807) is 38.1 Å². The van der Waals surface area contributed by atoms with Crippen LogP contribution in [-0.2, 0) is 14.8 Å². The lowest BCUT2D eigenvalue weighted by molar-refractivity contribution is -0.116. The SMILES string of the molecule is Cc1cc(S(N)(=O)=O)cc(NC(=O)CCC(=O)c2ccc(Br)cc2)c1C. The minimum atomic E-state index is -3.87. The summed E-state index contributed by atoms with van der Waals surface area (Å²) in [7, 11) is -3.87. The van der Waals surface area contributed by atoms with Gasteiger partial charge in [-0.1, -0.05) is 28.1 Å². The minimum absolute atomic E-state index is 0.00696. The van der Waals surface area contributed by atoms with Gasteiger partial charge < -0.3 is 5.32 Å². The third kappa shape index (κ3) is 5.23. The van der Waals surface area contributed by atoms with Crippen LogP contribution in [0.2, 0.25) is 0 Å². The Morgan fingerprint density at radius 1 is 1.08 bits per heavy atom. The smallest absolute Gasteiger partial charge is 0.238 e. The van der Waals surface area contributed by atoms with Crippen molar-refractivity contribution in [3.63, 3.8) is 0 Å². The van der Waals surface area contributed by atoms with Crippen LogP contribution in [0.5, 0.6) is 0 Å². The molecule has 0 heterocycles. The van der Waals surface area contributed by atoms with Crippen LogP contribution in [-0.4, -0.2) is 20.1 Å². The molecule has 8 heteroatoms. The molecule has 6 nitrogen and oxygen atoms in total. The van der Waals surface area contributed by atoms with Gasteiger partial charge in [0.05, 0.1) is 4.90 Å². The van der Waals surface area contributed by atoms with Gasteiger partial charge in [-0.25, -0.2) is 13.6 Å². The van der Waals surface area contributed by atoms with Crippen molar-refractivity contribution in [2.45, 2.75) is 31.6 Å². The third-order valence-electron chi connectivity index (χ3n) is 3.99. The van der Waals surface area contributed by atoms with Crippen LogP contribution in [0.1, 0.15) is 34.3 Å². The molecule has 0 saturated heterocycles. The van der Waals surface area contributed by atoms with E-state index in [-0.39, 0.29) is 29.4 Å². The monoisotopic (exact) mass is 438 g/mol. The van der Waals surface area contributed by atoms with Crippen LogP contribution in [0.25, 0.3) is 0 Å². The van der Waals surface area contributed by atoms with Crippen LogP contribution in [0.4, 0.5) is 5.69 Å². The Hall–Kier alpha value is -2.03. The van der Waals surface area contributed by atoms with Gasteiger partial charge >= 0.3 is 0 Å². The Labute approximate surface area is 161 Å². The summed E-state index contributed by atoms with van der Waals surface area (Å²) in [5.74, 6) is -0.511. The summed E-state index contributed by atoms with van der Waals surface area (Å²) >= 11 is 3.30. The third-order valence-corrected chi connectivity index (χ3v) is 5.41. The number of carbonyl (C=O) groups excluding carboxylic acids is 2. The number of hydrogen-bond acceptors (Lipinski definition) is 4. The Balaban J connectivity index is 2.07. The molecule has 0 radical (unpaired) electrons. The first-order chi connectivity index (χ1) is 12.1. The number of hydrogen-bond donors (Lipinski definition) is 2. The maximum atomic E-state index is 12.2. The summed E-state index contributed by atoms with van der Waals surface area (Å²) in [6.45, 7) is 3.50. The molecule has 0 aromatic heterocycles. The minimum Gasteiger partial charge on any atom is -0.326 e. The fourth-order valence-corrected chi connectivity index (χ4v) is 3.23. The quantitative estimate of drug-likeness (QED) is 0.674. The number of carbonyl (C=O) groups is 2. The second kappa shape index (κ2) is 8.11. The van der Waals surface area contributed by atoms with Crippen molar-refractivity contribution in [2.75, 3.05) is 5.32 Å². The summed E-state index contributed by atoms with van der Waals surface area (Å²) in [4.78, 5) is 24.2. The zero-order valence-corrected chi connectivity index (χ0v) is 16.8. The van der Waals surface area contributed by atoms with Gasteiger partial charge in [-0.05, 0) is 49.2 Å². The van der Waals surface area contributed by atoms with E-state index in [9.17, 15) is 18.0 Å². The van der Waals surface area contributed by atoms with Crippen LogP contribution in [0.3, 0.4) is 0 Å². The Kier molecular flexibility index (Phi) is 6.33. The number of primary sulfonamides is 1. The highest BCUT2D eigenvalue weighted by atomic mass is 79.9. The van der Waals surface area contributed by atoms with Crippen LogP contribution in [0.15, 0.2) is 45.8 Å². The first-order valence-electron chi connectivity index (χ1n) is 7.80. The van der Waals surface area contributed by atoms with Crippen molar-refractivity contribution in [3.8, 4) is 0 Å². The highest BCUT2D eigenvalue weighted by Gasteiger charge is 2.15. The predicted molar refractivity (Wildman–Crippen MR) is 104 cm³/mol. The zero-order valence-electron chi connectivity index (χ0n) is 14.4. The molecule has 1 amide bonds. The van der Waals surface area contributed by atoms with Crippen molar-refractivity contribution in [3.05, 3.63) is 57.6 Å². The molecule has 3 N–H and O–H groups in total. The molecule has 0 aliphatic rings. The molecule has 0 spiro atoms. The summed E-state index contributed by atoms with van der Waals surface area (Å²) < 4.78 is 24.0. The molecular formula is C18H19BrN2O4S. The van der Waals surface area contributed by atoms with Crippen molar-refractivity contribution < 1.29 is 18.0 Å². The predicted octanol–water partition coefficient (Wildman–Crippen LogP) is 3.31. The number of ketones is 1. The number of Topliss-reactive ketones (excluding diaryl/α,β-unsaturated/α-hetero) is 1. The van der Waals surface area contributed by atoms with E-state index < -0.39 is 10.0 Å². The molecule has 2 rings (SSSR count). The highest BCUT2D eigenvalue weighted by molar-refractivity contribution is 9.10. The van der Waals surface area contributed by atoms with E-state index >= 15 is 0 Å². The number of nitrogens with one attached hydrogen (secondary N) is 1. The van der Waals surface area contributed by atoms with Gasteiger partial charge in [0.2, 0.25) is 15.9 Å². The molecule has 26 heavy (non-hydrogen) atoms.